The van der Waals surface area contributed by atoms with Gasteiger partial charge in [0.2, 0.25) is 5.91 Å². The third-order valence-electron chi connectivity index (χ3n) is 11.6. The zero-order valence-corrected chi connectivity index (χ0v) is 48.0. The lowest BCUT2D eigenvalue weighted by Crippen LogP contribution is -2.47. The molecule has 0 aliphatic heterocycles. The number of unbranched alkanes of at least 4 members (excludes halogenated alkanes) is 13. The van der Waals surface area contributed by atoms with E-state index in [1.165, 1.54) is 51.4 Å². The van der Waals surface area contributed by atoms with Crippen LogP contribution >= 0.6 is 7.82 Å². The fourth-order valence-corrected chi connectivity index (χ4v) is 7.98. The average Bonchev–Trinajstić information content (AvgIpc) is 3.35. The highest BCUT2D eigenvalue weighted by Crippen LogP contribution is 2.43. The molecule has 0 spiro atoms. The summed E-state index contributed by atoms with van der Waals surface area (Å²) in [7, 11) is 1.41. The average molecular weight is 1030 g/mol. The van der Waals surface area contributed by atoms with E-state index in [9.17, 15) is 19.0 Å². The molecule has 0 radical (unpaired) electrons. The standard InChI is InChI=1S/C63H105N2O7P/c1-7-10-13-16-19-22-25-28-30-32-33-34-36-38-41-44-47-50-53-56-63(67)72-61(54-51-48-45-42-39-27-24-21-18-15-12-9-3)60(59-71-73(68,69)70-58-57-65(4,5)6)64-62(66)55-52-49-46-43-40-37-35-31-29-26-23-20-17-14-11-8-2/h10-11,13-14,19-20,22-23,28-31,33-34,37-38,40-41,46,49,51,54,60-61H,7-9,12,15-18,21,24-27,32,35-36,39,42-45,47-48,50,52-53,55-59H2,1-6H3,(H-,64,66,68,69)/p+1/b13-10-,14-11+,22-19-,23-20+,30-28-,31-29+,34-33-,40-37+,41-38-,49-46+,54-51+. The fraction of sp³-hybridized carbons (Fsp3) is 0.619. The van der Waals surface area contributed by atoms with Crippen molar-refractivity contribution in [3.8, 4) is 0 Å². The molecular weight excluding hydrogens is 928 g/mol. The van der Waals surface area contributed by atoms with Crippen LogP contribution in [-0.4, -0.2) is 74.3 Å². The van der Waals surface area contributed by atoms with Crippen molar-refractivity contribution in [2.45, 2.75) is 213 Å². The number of likely N-dealkylation sites (N-methyl/N-ethyl adjacent to an activating group) is 1. The second-order valence-corrected chi connectivity index (χ2v) is 21.1. The molecule has 3 atom stereocenters. The molecule has 0 bridgehead atoms. The lowest BCUT2D eigenvalue weighted by molar-refractivity contribution is -0.870. The minimum atomic E-state index is -4.48. The van der Waals surface area contributed by atoms with E-state index in [0.29, 0.717) is 23.9 Å². The molecule has 0 heterocycles. The molecule has 0 aromatic rings. The fourth-order valence-electron chi connectivity index (χ4n) is 7.25. The van der Waals surface area contributed by atoms with Crippen molar-refractivity contribution >= 4 is 19.7 Å². The minimum absolute atomic E-state index is 0.0137. The number of hydrogen-bond donors (Lipinski definition) is 2. The van der Waals surface area contributed by atoms with Gasteiger partial charge in [0.1, 0.15) is 19.3 Å². The second-order valence-electron chi connectivity index (χ2n) is 19.7. The van der Waals surface area contributed by atoms with Crippen molar-refractivity contribution in [2.24, 2.45) is 0 Å². The Labute approximate surface area is 447 Å². The molecule has 9 nitrogen and oxygen atoms in total. The molecule has 0 aromatic heterocycles. The second kappa shape index (κ2) is 51.6. The van der Waals surface area contributed by atoms with E-state index in [1.54, 1.807) is 0 Å². The molecule has 0 saturated carbocycles. The molecule has 3 unspecified atom stereocenters. The van der Waals surface area contributed by atoms with E-state index in [0.717, 1.165) is 103 Å². The van der Waals surface area contributed by atoms with Crippen LogP contribution < -0.4 is 5.32 Å². The number of amides is 1. The quantitative estimate of drug-likeness (QED) is 0.0205. The van der Waals surface area contributed by atoms with Crippen LogP contribution in [-0.2, 0) is 27.9 Å². The number of rotatable bonds is 49. The molecule has 0 rings (SSSR count). The van der Waals surface area contributed by atoms with Crippen LogP contribution in [0.25, 0.3) is 0 Å². The molecule has 0 aliphatic rings. The van der Waals surface area contributed by atoms with Crippen LogP contribution in [0, 0.1) is 0 Å². The number of hydrogen-bond acceptors (Lipinski definition) is 6. The monoisotopic (exact) mass is 1030 g/mol. The number of nitrogens with zero attached hydrogens (tertiary/aromatic N) is 1. The predicted molar refractivity (Wildman–Crippen MR) is 313 cm³/mol. The Balaban J connectivity index is 5.53. The Bertz CT molecular complexity index is 1710. The van der Waals surface area contributed by atoms with E-state index in [2.05, 4.69) is 135 Å². The molecule has 2 N–H and O–H groups in total. The topological polar surface area (TPSA) is 111 Å². The third-order valence-corrected chi connectivity index (χ3v) is 12.6. The largest absolute Gasteiger partial charge is 0.472 e. The number of carbonyl (C=O) groups excluding carboxylic acids is 2. The summed E-state index contributed by atoms with van der Waals surface area (Å²) in [5.74, 6) is -0.653. The zero-order valence-electron chi connectivity index (χ0n) is 47.1. The van der Waals surface area contributed by atoms with Gasteiger partial charge in [-0.15, -0.1) is 0 Å². The first-order valence-electron chi connectivity index (χ1n) is 28.5. The van der Waals surface area contributed by atoms with Crippen molar-refractivity contribution in [1.29, 1.82) is 0 Å². The smallest absolute Gasteiger partial charge is 0.456 e. The van der Waals surface area contributed by atoms with Crippen LogP contribution in [0.2, 0.25) is 0 Å². The van der Waals surface area contributed by atoms with Gasteiger partial charge in [0.15, 0.2) is 0 Å². The molecule has 0 fully saturated rings. The van der Waals surface area contributed by atoms with Gasteiger partial charge in [0, 0.05) is 12.8 Å². The van der Waals surface area contributed by atoms with Crippen LogP contribution in [0.4, 0.5) is 0 Å². The van der Waals surface area contributed by atoms with E-state index < -0.39 is 20.0 Å². The summed E-state index contributed by atoms with van der Waals surface area (Å²) in [4.78, 5) is 37.5. The van der Waals surface area contributed by atoms with Crippen LogP contribution in [0.15, 0.2) is 134 Å². The minimum Gasteiger partial charge on any atom is -0.456 e. The number of nitrogens with one attached hydrogen (secondary N) is 1. The highest BCUT2D eigenvalue weighted by Gasteiger charge is 2.30. The molecular formula is C63H106N2O7P+. The van der Waals surface area contributed by atoms with Gasteiger partial charge in [-0.2, -0.15) is 0 Å². The Morgan fingerprint density at radius 2 is 0.890 bits per heavy atom. The summed E-state index contributed by atoms with van der Waals surface area (Å²) in [6.07, 6.45) is 73.3. The number of quaternary nitrogens is 1. The predicted octanol–water partition coefficient (Wildman–Crippen LogP) is 17.3. The first kappa shape index (κ1) is 69.2. The van der Waals surface area contributed by atoms with Crippen LogP contribution in [0.5, 0.6) is 0 Å². The van der Waals surface area contributed by atoms with E-state index in [1.807, 2.05) is 45.4 Å². The summed E-state index contributed by atoms with van der Waals surface area (Å²) in [5.41, 5.74) is 0. The molecule has 0 saturated heterocycles. The van der Waals surface area contributed by atoms with Gasteiger partial charge in [-0.05, 0) is 109 Å². The number of allylic oxidation sites excluding steroid dienone is 21. The lowest BCUT2D eigenvalue weighted by Gasteiger charge is -2.27. The van der Waals surface area contributed by atoms with Gasteiger partial charge in [0.25, 0.3) is 0 Å². The summed E-state index contributed by atoms with van der Waals surface area (Å²) in [5, 5.41) is 2.98. The SMILES string of the molecule is CC/C=C\C/C=C\C/C=C\C/C=C\C/C=C\CCCCCC(=O)OC(/C=C/CCCCCCCCCCCC)C(COP(=O)(O)OCC[N+](C)(C)C)NC(=O)CC/C=C/C/C=C/C/C=C/C/C=C/C/C=C/CC. The Morgan fingerprint density at radius 3 is 1.34 bits per heavy atom. The maximum atomic E-state index is 13.5. The molecule has 414 valence electrons. The summed E-state index contributed by atoms with van der Waals surface area (Å²) >= 11 is 0. The van der Waals surface area contributed by atoms with Crippen molar-refractivity contribution in [2.75, 3.05) is 40.9 Å². The zero-order chi connectivity index (χ0) is 53.6. The maximum Gasteiger partial charge on any atom is 0.472 e. The van der Waals surface area contributed by atoms with Crippen molar-refractivity contribution in [3.05, 3.63) is 134 Å². The normalized spacial score (nSPS) is 14.8. The van der Waals surface area contributed by atoms with Gasteiger partial charge in [-0.1, -0.05) is 213 Å². The summed E-state index contributed by atoms with van der Waals surface area (Å²) in [6.45, 7) is 6.67. The molecule has 1 amide bonds. The Kier molecular flexibility index (Phi) is 48.9. The van der Waals surface area contributed by atoms with E-state index in [4.69, 9.17) is 13.8 Å². The van der Waals surface area contributed by atoms with E-state index in [-0.39, 0.29) is 37.9 Å². The van der Waals surface area contributed by atoms with E-state index >= 15 is 0 Å². The first-order chi connectivity index (χ1) is 35.4. The molecule has 10 heteroatoms. The van der Waals surface area contributed by atoms with Gasteiger partial charge < -0.3 is 19.4 Å². The number of phosphoric acid groups is 1. The number of phosphoric ester groups is 1. The highest BCUT2D eigenvalue weighted by molar-refractivity contribution is 7.47. The van der Waals surface area contributed by atoms with Crippen molar-refractivity contribution in [3.63, 3.8) is 0 Å². The highest BCUT2D eigenvalue weighted by atomic mass is 31.2. The van der Waals surface area contributed by atoms with Gasteiger partial charge in [-0.3, -0.25) is 18.6 Å². The van der Waals surface area contributed by atoms with Crippen LogP contribution in [0.3, 0.4) is 0 Å². The van der Waals surface area contributed by atoms with Gasteiger partial charge in [-0.25, -0.2) is 4.57 Å². The molecule has 73 heavy (non-hydrogen) atoms. The van der Waals surface area contributed by atoms with Crippen LogP contribution in [0.1, 0.15) is 201 Å². The summed E-state index contributed by atoms with van der Waals surface area (Å²) in [6, 6.07) is -0.911. The third kappa shape index (κ3) is 52.8. The number of esters is 1. The Morgan fingerprint density at radius 1 is 0.493 bits per heavy atom. The van der Waals surface area contributed by atoms with Gasteiger partial charge >= 0.3 is 13.8 Å². The summed E-state index contributed by atoms with van der Waals surface area (Å²) < 4.78 is 30.5. The first-order valence-corrected chi connectivity index (χ1v) is 30.0. The molecule has 0 aliphatic carbocycles. The lowest BCUT2D eigenvalue weighted by atomic mass is 10.1. The van der Waals surface area contributed by atoms with Crippen molar-refractivity contribution in [1.82, 2.24) is 5.32 Å². The number of carbonyl (C=O) groups is 2. The van der Waals surface area contributed by atoms with Gasteiger partial charge in [0.05, 0.1) is 33.8 Å². The maximum absolute atomic E-state index is 13.5. The molecule has 0 aromatic carbocycles. The Hall–Kier alpha value is -3.85. The number of ether oxygens (including phenoxy) is 1. The van der Waals surface area contributed by atoms with Crippen molar-refractivity contribution < 1.29 is 37.3 Å².